The number of methoxy groups -OCH3 is 1. The van der Waals surface area contributed by atoms with Crippen molar-refractivity contribution in [3.63, 3.8) is 0 Å². The number of aromatic nitrogens is 3. The van der Waals surface area contributed by atoms with Gasteiger partial charge in [-0.1, -0.05) is 34.6 Å². The first kappa shape index (κ1) is 49.4. The van der Waals surface area contributed by atoms with E-state index in [1.165, 1.54) is 18.6 Å². The van der Waals surface area contributed by atoms with Crippen LogP contribution in [0.2, 0.25) is 0 Å². The number of sulfonamides is 1. The molecule has 4 amide bonds. The summed E-state index contributed by atoms with van der Waals surface area (Å²) in [5.41, 5.74) is 0.0879. The molecule has 3 heterocycles. The van der Waals surface area contributed by atoms with Gasteiger partial charge in [0.1, 0.15) is 17.5 Å². The maximum atomic E-state index is 12.3. The molecule has 16 heteroatoms. The molecule has 0 spiro atoms. The highest BCUT2D eigenvalue weighted by molar-refractivity contribution is 7.90. The summed E-state index contributed by atoms with van der Waals surface area (Å²) in [5.74, 6) is 0.803. The number of likely N-dealkylation sites (tertiary alicyclic amines) is 1. The number of amides is 4. The second-order valence-corrected chi connectivity index (χ2v) is 14.3. The number of nitrogens with one attached hydrogen (secondary N) is 4. The number of hydrogen-bond acceptors (Lipinski definition) is 10. The largest absolute Gasteiger partial charge is 0.497 e. The fourth-order valence-electron chi connectivity index (χ4n) is 4.47. The molecule has 2 aromatic heterocycles. The smallest absolute Gasteiger partial charge is 0.271 e. The first-order valence-corrected chi connectivity index (χ1v) is 19.5. The van der Waals surface area contributed by atoms with Crippen molar-refractivity contribution >= 4 is 44.9 Å². The Labute approximate surface area is 325 Å². The molecule has 1 aromatic carbocycles. The molecule has 0 unspecified atom stereocenters. The van der Waals surface area contributed by atoms with Gasteiger partial charge in [0.05, 0.1) is 25.1 Å². The van der Waals surface area contributed by atoms with Crippen LogP contribution in [-0.4, -0.2) is 89.9 Å². The monoisotopic (exact) mass is 783 g/mol. The molecule has 3 aliphatic rings. The Morgan fingerprint density at radius 2 is 1.69 bits per heavy atom. The van der Waals surface area contributed by atoms with E-state index in [0.717, 1.165) is 36.3 Å². The summed E-state index contributed by atoms with van der Waals surface area (Å²) in [6.07, 6.45) is 18.9. The zero-order valence-corrected chi connectivity index (χ0v) is 33.6. The van der Waals surface area contributed by atoms with E-state index in [9.17, 15) is 32.4 Å². The number of carbonyl (C=O) groups is 4. The third-order valence-corrected chi connectivity index (χ3v) is 8.93. The number of terminal acetylenes is 1. The lowest BCUT2D eigenvalue weighted by atomic mass is 10.2. The maximum absolute atomic E-state index is 12.3. The molecule has 302 valence electrons. The quantitative estimate of drug-likeness (QED) is 0.139. The summed E-state index contributed by atoms with van der Waals surface area (Å²) >= 11 is 0. The fourth-order valence-corrected chi connectivity index (χ4v) is 5.55. The Balaban J connectivity index is 0.000000770. The molecule has 2 saturated carbocycles. The molecule has 3 aromatic rings. The van der Waals surface area contributed by atoms with Crippen molar-refractivity contribution in [1.29, 1.82) is 0 Å². The second kappa shape index (κ2) is 27.1. The zero-order chi connectivity index (χ0) is 42.0. The third-order valence-electron chi connectivity index (χ3n) is 7.15. The normalized spacial score (nSPS) is 14.9. The van der Waals surface area contributed by atoms with Gasteiger partial charge < -0.3 is 25.3 Å². The van der Waals surface area contributed by atoms with E-state index in [4.69, 9.17) is 4.74 Å². The molecule has 55 heavy (non-hydrogen) atoms. The molecule has 4 N–H and O–H groups in total. The lowest BCUT2D eigenvalue weighted by Gasteiger charge is -2.24. The van der Waals surface area contributed by atoms with Crippen molar-refractivity contribution in [2.45, 2.75) is 90.5 Å². The highest BCUT2D eigenvalue weighted by Crippen LogP contribution is 2.27. The van der Waals surface area contributed by atoms with Gasteiger partial charge in [0.25, 0.3) is 11.5 Å². The first-order valence-electron chi connectivity index (χ1n) is 17.9. The Hall–Kier alpha value is -5.56. The average molecular weight is 784 g/mol. The van der Waals surface area contributed by atoms with Gasteiger partial charge in [-0.3, -0.25) is 33.7 Å². The van der Waals surface area contributed by atoms with Crippen LogP contribution in [0.15, 0.2) is 67.0 Å². The number of nitrogens with zero attached hydrogens (tertiary/aromatic N) is 3. The summed E-state index contributed by atoms with van der Waals surface area (Å²) < 4.78 is 28.1. The van der Waals surface area contributed by atoms with Crippen LogP contribution in [0.4, 0.5) is 0 Å². The van der Waals surface area contributed by atoms with Crippen molar-refractivity contribution in [2.75, 3.05) is 20.2 Å². The zero-order valence-electron chi connectivity index (χ0n) is 32.7. The van der Waals surface area contributed by atoms with Gasteiger partial charge in [0, 0.05) is 36.6 Å². The number of pyridine rings is 1. The SMILES string of the molecule is C#C.C=C.CC.CC(C)C.COc1ccc2c(=O)[nH]ccc2c1.O=C(NCC(=O)N1CCC[C@H]1C(=O)NC1CC1)c1cnccn1.O=CNS(=O)(=O)C1CC1. The van der Waals surface area contributed by atoms with Gasteiger partial charge in [0.15, 0.2) is 0 Å². The van der Waals surface area contributed by atoms with Crippen molar-refractivity contribution in [3.05, 3.63) is 78.3 Å². The Bertz CT molecular complexity index is 1790. The molecule has 0 bridgehead atoms. The van der Waals surface area contributed by atoms with Gasteiger partial charge >= 0.3 is 0 Å². The van der Waals surface area contributed by atoms with Crippen LogP contribution in [0.3, 0.4) is 0 Å². The molecule has 2 aliphatic carbocycles. The average Bonchev–Trinajstić information content (AvgIpc) is 4.15. The molecule has 3 fully saturated rings. The standard InChI is InChI=1S/C15H19N5O3.C10H9NO2.C4H7NO3S.C4H10.C2H6.C2H4.C2H2/c21-13(9-18-14(22)11-8-16-5-6-17-11)20-7-1-2-12(20)15(23)19-10-3-4-10;1-13-8-2-3-9-7(6-8)4-5-11-10(9)12;6-3-5-9(7,8)4-1-2-4;1-4(2)3;3*1-2/h5-6,8,10,12H,1-4,7,9H2,(H,18,22)(H,19,23);2-6H,1H3,(H,11,12);3-4H,1-2H2,(H,5,6);4H,1-3H3;1-2H3;1-2H2;1-2H/t12-;;;;;;/m0....../s1. The second-order valence-electron chi connectivity index (χ2n) is 12.3. The van der Waals surface area contributed by atoms with Crippen LogP contribution in [0.5, 0.6) is 5.75 Å². The number of fused-ring (bicyclic) bond motifs is 1. The number of hydrogen-bond donors (Lipinski definition) is 4. The van der Waals surface area contributed by atoms with Gasteiger partial charge in [0.2, 0.25) is 28.2 Å². The highest BCUT2D eigenvalue weighted by Gasteiger charge is 2.36. The van der Waals surface area contributed by atoms with E-state index in [-0.39, 0.29) is 47.3 Å². The van der Waals surface area contributed by atoms with Crippen LogP contribution in [0.25, 0.3) is 10.8 Å². The number of rotatable bonds is 9. The summed E-state index contributed by atoms with van der Waals surface area (Å²) in [5, 5.41) is 6.73. The predicted octanol–water partition coefficient (Wildman–Crippen LogP) is 3.98. The predicted molar refractivity (Wildman–Crippen MR) is 216 cm³/mol. The first-order chi connectivity index (χ1) is 26.4. The Morgan fingerprint density at radius 3 is 2.22 bits per heavy atom. The van der Waals surface area contributed by atoms with E-state index in [0.29, 0.717) is 31.2 Å². The molecule has 1 saturated heterocycles. The van der Waals surface area contributed by atoms with Gasteiger partial charge in [-0.15, -0.1) is 26.0 Å². The van der Waals surface area contributed by atoms with Crippen molar-refractivity contribution in [3.8, 4) is 18.6 Å². The molecule has 1 atom stereocenters. The van der Waals surface area contributed by atoms with E-state index in [1.807, 2.05) is 26.0 Å². The summed E-state index contributed by atoms with van der Waals surface area (Å²) in [6.45, 7) is 16.9. The van der Waals surface area contributed by atoms with Crippen molar-refractivity contribution < 1.29 is 32.3 Å². The van der Waals surface area contributed by atoms with Crippen LogP contribution < -0.4 is 25.7 Å². The molecule has 0 radical (unpaired) electrons. The van der Waals surface area contributed by atoms with Crippen molar-refractivity contribution in [1.82, 2.24) is 35.2 Å². The minimum absolute atomic E-state index is 0.0693. The third kappa shape index (κ3) is 18.9. The minimum Gasteiger partial charge on any atom is -0.497 e. The topological polar surface area (TPSA) is 210 Å². The molecule has 6 rings (SSSR count). The van der Waals surface area contributed by atoms with Gasteiger partial charge in [-0.05, 0) is 74.1 Å². The fraction of sp³-hybridized carbons (Fsp3) is 0.462. The van der Waals surface area contributed by atoms with Crippen LogP contribution in [-0.2, 0) is 24.4 Å². The van der Waals surface area contributed by atoms with Gasteiger partial charge in [-0.2, -0.15) is 0 Å². The highest BCUT2D eigenvalue weighted by atomic mass is 32.2. The molecular weight excluding hydrogens is 727 g/mol. The van der Waals surface area contributed by atoms with Crippen molar-refractivity contribution in [2.24, 2.45) is 5.92 Å². The number of carbonyl (C=O) groups excluding carboxylic acids is 4. The lowest BCUT2D eigenvalue weighted by molar-refractivity contribution is -0.137. The van der Waals surface area contributed by atoms with Crippen LogP contribution in [0.1, 0.15) is 83.6 Å². The van der Waals surface area contributed by atoms with E-state index < -0.39 is 22.0 Å². The summed E-state index contributed by atoms with van der Waals surface area (Å²) in [7, 11) is -1.65. The Kier molecular flexibility index (Phi) is 24.3. The number of benzene rings is 1. The minimum atomic E-state index is -3.26. The van der Waals surface area contributed by atoms with E-state index in [2.05, 4.69) is 72.4 Å². The van der Waals surface area contributed by atoms with E-state index >= 15 is 0 Å². The Morgan fingerprint density at radius 1 is 1.05 bits per heavy atom. The maximum Gasteiger partial charge on any atom is 0.271 e. The van der Waals surface area contributed by atoms with E-state index in [1.54, 1.807) is 35.1 Å². The van der Waals surface area contributed by atoms with Crippen LogP contribution in [0, 0.1) is 18.8 Å². The summed E-state index contributed by atoms with van der Waals surface area (Å²) in [4.78, 5) is 69.1. The number of aromatic amines is 1. The molecular formula is C39H57N7O8S. The molecule has 15 nitrogen and oxygen atoms in total. The lowest BCUT2D eigenvalue weighted by Crippen LogP contribution is -2.49. The van der Waals surface area contributed by atoms with Crippen LogP contribution >= 0.6 is 0 Å². The molecule has 1 aliphatic heterocycles. The van der Waals surface area contributed by atoms with Gasteiger partial charge in [-0.25, -0.2) is 13.4 Å². The summed E-state index contributed by atoms with van der Waals surface area (Å²) in [6, 6.07) is 7.07. The number of ether oxygens (including phenoxy) is 1. The number of H-pyrrole nitrogens is 1.